The molecule has 0 saturated heterocycles. The minimum absolute atomic E-state index is 0.0566. The highest BCUT2D eigenvalue weighted by Gasteiger charge is 2.01. The van der Waals surface area contributed by atoms with Crippen molar-refractivity contribution in [2.24, 2.45) is 5.73 Å². The number of hydrogen-bond acceptors (Lipinski definition) is 3. The van der Waals surface area contributed by atoms with Gasteiger partial charge < -0.3 is 15.4 Å². The molecule has 0 heterocycles. The van der Waals surface area contributed by atoms with Gasteiger partial charge in [0.2, 0.25) is 0 Å². The Kier molecular flexibility index (Phi) is 3.71. The van der Waals surface area contributed by atoms with Crippen molar-refractivity contribution in [3.63, 3.8) is 0 Å². The molecule has 0 radical (unpaired) electrons. The quantitative estimate of drug-likeness (QED) is 0.652. The minimum atomic E-state index is 0.0566. The molecule has 0 aliphatic carbocycles. The zero-order valence-corrected chi connectivity index (χ0v) is 11.1. The van der Waals surface area contributed by atoms with Crippen molar-refractivity contribution in [1.82, 2.24) is 0 Å². The van der Waals surface area contributed by atoms with Gasteiger partial charge in [0.15, 0.2) is 0 Å². The van der Waals surface area contributed by atoms with E-state index in [1.807, 2.05) is 43.3 Å². The number of rotatable bonds is 4. The Morgan fingerprint density at radius 3 is 2.32 bits per heavy atom. The van der Waals surface area contributed by atoms with Crippen LogP contribution in [0.3, 0.4) is 0 Å². The lowest BCUT2D eigenvalue weighted by atomic mass is 10.2. The molecule has 2 aromatic rings. The first-order valence-electron chi connectivity index (χ1n) is 5.96. The number of benzene rings is 2. The molecule has 19 heavy (non-hydrogen) atoms. The molecule has 0 unspecified atom stereocenters. The predicted molar refractivity (Wildman–Crippen MR) is 78.3 cm³/mol. The molecule has 0 aliphatic heterocycles. The fourth-order valence-electron chi connectivity index (χ4n) is 1.66. The molecule has 4 nitrogen and oxygen atoms in total. The van der Waals surface area contributed by atoms with Gasteiger partial charge in [0.25, 0.3) is 0 Å². The summed E-state index contributed by atoms with van der Waals surface area (Å²) in [6, 6.07) is 15.0. The third kappa shape index (κ3) is 3.25. The first-order chi connectivity index (χ1) is 9.06. The normalized spacial score (nSPS) is 10.0. The summed E-state index contributed by atoms with van der Waals surface area (Å²) in [6.45, 7) is 0. The second-order valence-corrected chi connectivity index (χ2v) is 4.43. The number of amidine groups is 1. The molecule has 4 heteroatoms. The second-order valence-electron chi connectivity index (χ2n) is 4.43. The van der Waals surface area contributed by atoms with Crippen LogP contribution in [0.15, 0.2) is 48.5 Å². The van der Waals surface area contributed by atoms with Gasteiger partial charge in [0.1, 0.15) is 17.3 Å². The van der Waals surface area contributed by atoms with Gasteiger partial charge in [-0.2, -0.15) is 0 Å². The predicted octanol–water partition coefficient (Wildman–Crippen LogP) is 2.83. The highest BCUT2D eigenvalue weighted by atomic mass is 16.5. The van der Waals surface area contributed by atoms with E-state index < -0.39 is 0 Å². The lowest BCUT2D eigenvalue weighted by molar-refractivity contribution is 0.482. The lowest BCUT2D eigenvalue weighted by Crippen LogP contribution is -2.10. The first-order valence-corrected chi connectivity index (χ1v) is 5.96. The van der Waals surface area contributed by atoms with Gasteiger partial charge in [-0.3, -0.25) is 5.41 Å². The van der Waals surface area contributed by atoms with Gasteiger partial charge in [0, 0.05) is 31.4 Å². The molecule has 0 fully saturated rings. The van der Waals surface area contributed by atoms with E-state index in [-0.39, 0.29) is 5.84 Å². The van der Waals surface area contributed by atoms with Crippen LogP contribution in [0.2, 0.25) is 0 Å². The van der Waals surface area contributed by atoms with E-state index in [1.165, 1.54) is 0 Å². The summed E-state index contributed by atoms with van der Waals surface area (Å²) in [7, 11) is 3.97. The molecular weight excluding hydrogens is 238 g/mol. The molecule has 0 saturated carbocycles. The molecule has 0 aliphatic rings. The SMILES string of the molecule is CN(C)c1cccc(Oc2ccc(C(=N)N)cc2)c1. The Morgan fingerprint density at radius 1 is 1.05 bits per heavy atom. The van der Waals surface area contributed by atoms with Crippen molar-refractivity contribution in [1.29, 1.82) is 5.41 Å². The standard InChI is InChI=1S/C15H17N3O/c1-18(2)12-4-3-5-14(10-12)19-13-8-6-11(7-9-13)15(16)17/h3-10H,1-2H3,(H3,16,17). The number of ether oxygens (including phenoxy) is 1. The summed E-state index contributed by atoms with van der Waals surface area (Å²) in [5.41, 5.74) is 7.18. The van der Waals surface area contributed by atoms with Gasteiger partial charge in [0.05, 0.1) is 0 Å². The van der Waals surface area contributed by atoms with Crippen molar-refractivity contribution in [3.05, 3.63) is 54.1 Å². The third-order valence-corrected chi connectivity index (χ3v) is 2.74. The Bertz CT molecular complexity index is 576. The molecule has 3 N–H and O–H groups in total. The summed E-state index contributed by atoms with van der Waals surface area (Å²) < 4.78 is 5.77. The smallest absolute Gasteiger partial charge is 0.129 e. The van der Waals surface area contributed by atoms with E-state index in [0.717, 1.165) is 17.2 Å². The lowest BCUT2D eigenvalue weighted by Gasteiger charge is -2.14. The molecule has 2 aromatic carbocycles. The monoisotopic (exact) mass is 255 g/mol. The van der Waals surface area contributed by atoms with E-state index in [9.17, 15) is 0 Å². The summed E-state index contributed by atoms with van der Waals surface area (Å²) >= 11 is 0. The van der Waals surface area contributed by atoms with Crippen LogP contribution in [0.25, 0.3) is 0 Å². The Labute approximate surface area is 112 Å². The van der Waals surface area contributed by atoms with E-state index in [1.54, 1.807) is 24.3 Å². The molecule has 98 valence electrons. The van der Waals surface area contributed by atoms with E-state index in [4.69, 9.17) is 15.9 Å². The van der Waals surface area contributed by atoms with Gasteiger partial charge in [-0.05, 0) is 36.4 Å². The number of hydrogen-bond donors (Lipinski definition) is 2. The number of nitrogens with one attached hydrogen (secondary N) is 1. The molecule has 0 bridgehead atoms. The number of nitrogen functional groups attached to an aromatic ring is 1. The highest BCUT2D eigenvalue weighted by Crippen LogP contribution is 2.25. The summed E-state index contributed by atoms with van der Waals surface area (Å²) in [5.74, 6) is 1.56. The topological polar surface area (TPSA) is 62.3 Å². The second kappa shape index (κ2) is 5.44. The zero-order chi connectivity index (χ0) is 13.8. The minimum Gasteiger partial charge on any atom is -0.457 e. The van der Waals surface area contributed by atoms with Crippen LogP contribution in [0.4, 0.5) is 5.69 Å². The average molecular weight is 255 g/mol. The van der Waals surface area contributed by atoms with Crippen LogP contribution in [0, 0.1) is 5.41 Å². The fourth-order valence-corrected chi connectivity index (χ4v) is 1.66. The summed E-state index contributed by atoms with van der Waals surface area (Å²) in [6.07, 6.45) is 0. The van der Waals surface area contributed by atoms with Gasteiger partial charge >= 0.3 is 0 Å². The van der Waals surface area contributed by atoms with Crippen molar-refractivity contribution in [2.75, 3.05) is 19.0 Å². The maximum absolute atomic E-state index is 7.33. The average Bonchev–Trinajstić information content (AvgIpc) is 2.39. The van der Waals surface area contributed by atoms with Gasteiger partial charge in [-0.25, -0.2) is 0 Å². The number of nitrogens with two attached hydrogens (primary N) is 1. The van der Waals surface area contributed by atoms with Crippen LogP contribution in [0.1, 0.15) is 5.56 Å². The molecule has 0 spiro atoms. The van der Waals surface area contributed by atoms with Crippen molar-refractivity contribution in [2.45, 2.75) is 0 Å². The summed E-state index contributed by atoms with van der Waals surface area (Å²) in [4.78, 5) is 2.02. The largest absolute Gasteiger partial charge is 0.457 e. The van der Waals surface area contributed by atoms with Crippen LogP contribution >= 0.6 is 0 Å². The van der Waals surface area contributed by atoms with Crippen molar-refractivity contribution >= 4 is 11.5 Å². The molecule has 0 aromatic heterocycles. The van der Waals surface area contributed by atoms with Crippen molar-refractivity contribution < 1.29 is 4.74 Å². The van der Waals surface area contributed by atoms with Crippen LogP contribution in [-0.2, 0) is 0 Å². The fraction of sp³-hybridized carbons (Fsp3) is 0.133. The van der Waals surface area contributed by atoms with Crippen LogP contribution in [-0.4, -0.2) is 19.9 Å². The van der Waals surface area contributed by atoms with E-state index >= 15 is 0 Å². The van der Waals surface area contributed by atoms with Crippen LogP contribution < -0.4 is 15.4 Å². The molecule has 0 amide bonds. The van der Waals surface area contributed by atoms with Gasteiger partial charge in [-0.1, -0.05) is 6.07 Å². The van der Waals surface area contributed by atoms with E-state index in [2.05, 4.69) is 0 Å². The summed E-state index contributed by atoms with van der Waals surface area (Å²) in [5, 5.41) is 7.33. The molecule has 2 rings (SSSR count). The first kappa shape index (κ1) is 13.0. The Morgan fingerprint density at radius 2 is 1.74 bits per heavy atom. The van der Waals surface area contributed by atoms with E-state index in [0.29, 0.717) is 5.56 Å². The number of nitrogens with zero attached hydrogens (tertiary/aromatic N) is 1. The zero-order valence-electron chi connectivity index (χ0n) is 11.1. The highest BCUT2D eigenvalue weighted by molar-refractivity contribution is 5.94. The van der Waals surface area contributed by atoms with Gasteiger partial charge in [-0.15, -0.1) is 0 Å². The van der Waals surface area contributed by atoms with Crippen LogP contribution in [0.5, 0.6) is 11.5 Å². The molecular formula is C15H17N3O. The Hall–Kier alpha value is -2.49. The Balaban J connectivity index is 2.16. The molecule has 0 atom stereocenters. The third-order valence-electron chi connectivity index (χ3n) is 2.74. The maximum atomic E-state index is 7.33. The maximum Gasteiger partial charge on any atom is 0.129 e. The van der Waals surface area contributed by atoms with Crippen molar-refractivity contribution in [3.8, 4) is 11.5 Å². The number of anilines is 1.